The molecule has 3 N–H and O–H groups in total. The van der Waals surface area contributed by atoms with E-state index in [0.29, 0.717) is 6.04 Å². The number of hydrogen-bond acceptors (Lipinski definition) is 4. The SMILES string of the molecule is CCCCCCCCCCCCCCCCCC(C)N.CCOS(=O)(=O)O. The van der Waals surface area contributed by atoms with Crippen molar-refractivity contribution in [1.29, 1.82) is 0 Å². The summed E-state index contributed by atoms with van der Waals surface area (Å²) in [5, 5.41) is 0. The highest BCUT2D eigenvalue weighted by Crippen LogP contribution is 2.13. The van der Waals surface area contributed by atoms with Crippen molar-refractivity contribution in [3.05, 3.63) is 0 Å². The van der Waals surface area contributed by atoms with Crippen molar-refractivity contribution in [2.45, 2.75) is 130 Å². The van der Waals surface area contributed by atoms with Crippen LogP contribution in [0.25, 0.3) is 0 Å². The molecule has 0 heterocycles. The topological polar surface area (TPSA) is 89.6 Å². The highest BCUT2D eigenvalue weighted by molar-refractivity contribution is 7.80. The summed E-state index contributed by atoms with van der Waals surface area (Å²) in [7, 11) is -4.17. The Balaban J connectivity index is 0. The van der Waals surface area contributed by atoms with Gasteiger partial charge in [-0.1, -0.05) is 103 Å². The maximum Gasteiger partial charge on any atom is 0.397 e. The zero-order valence-electron chi connectivity index (χ0n) is 18.3. The number of hydrogen-bond donors (Lipinski definition) is 2. The van der Waals surface area contributed by atoms with Gasteiger partial charge >= 0.3 is 10.4 Å². The van der Waals surface area contributed by atoms with E-state index < -0.39 is 10.4 Å². The number of rotatable bonds is 18. The first kappa shape index (κ1) is 29.0. The van der Waals surface area contributed by atoms with E-state index in [1.807, 2.05) is 0 Å². The van der Waals surface area contributed by atoms with Crippen LogP contribution in [0.1, 0.15) is 124 Å². The Morgan fingerprint density at radius 1 is 0.741 bits per heavy atom. The lowest BCUT2D eigenvalue weighted by Crippen LogP contribution is -2.13. The smallest absolute Gasteiger partial charge is 0.328 e. The summed E-state index contributed by atoms with van der Waals surface area (Å²) >= 11 is 0. The molecule has 5 nitrogen and oxygen atoms in total. The standard InChI is InChI=1S/C19H41N.C2H6O4S/c1-3-4-5-6-7-8-9-10-11-12-13-14-15-16-17-18-19(2)20;1-2-6-7(3,4)5/h19H,3-18,20H2,1-2H3;2H2,1H3,(H,3,4,5). The van der Waals surface area contributed by atoms with E-state index in [1.165, 1.54) is 110 Å². The molecule has 0 spiro atoms. The fourth-order valence-corrected chi connectivity index (χ4v) is 3.28. The van der Waals surface area contributed by atoms with Crippen LogP contribution in [-0.2, 0) is 14.6 Å². The van der Waals surface area contributed by atoms with Gasteiger partial charge < -0.3 is 5.73 Å². The van der Waals surface area contributed by atoms with Crippen molar-refractivity contribution < 1.29 is 17.2 Å². The Kier molecular flexibility index (Phi) is 23.8. The molecule has 6 heteroatoms. The third-order valence-electron chi connectivity index (χ3n) is 4.53. The molecule has 1 atom stereocenters. The second kappa shape index (κ2) is 22.1. The molecule has 0 fully saturated rings. The van der Waals surface area contributed by atoms with Crippen molar-refractivity contribution in [2.24, 2.45) is 5.73 Å². The predicted octanol–water partition coefficient (Wildman–Crippen LogP) is 6.42. The van der Waals surface area contributed by atoms with Crippen LogP contribution in [0.2, 0.25) is 0 Å². The fourth-order valence-electron chi connectivity index (χ4n) is 2.99. The van der Waals surface area contributed by atoms with E-state index in [-0.39, 0.29) is 6.61 Å². The van der Waals surface area contributed by atoms with E-state index in [4.69, 9.17) is 10.3 Å². The zero-order chi connectivity index (χ0) is 20.8. The van der Waals surface area contributed by atoms with Crippen molar-refractivity contribution in [1.82, 2.24) is 0 Å². The summed E-state index contributed by atoms with van der Waals surface area (Å²) in [4.78, 5) is 0. The van der Waals surface area contributed by atoms with Gasteiger partial charge in [-0.15, -0.1) is 0 Å². The summed E-state index contributed by atoms with van der Waals surface area (Å²) < 4.78 is 30.7. The van der Waals surface area contributed by atoms with Gasteiger partial charge in [-0.25, -0.2) is 4.18 Å². The second-order valence-electron chi connectivity index (χ2n) is 7.55. The summed E-state index contributed by atoms with van der Waals surface area (Å²) in [5.74, 6) is 0. The van der Waals surface area contributed by atoms with Gasteiger partial charge in [0.05, 0.1) is 6.61 Å². The minimum Gasteiger partial charge on any atom is -0.328 e. The molecule has 0 saturated heterocycles. The molecule has 0 bridgehead atoms. The van der Waals surface area contributed by atoms with Gasteiger partial charge in [0, 0.05) is 6.04 Å². The maximum atomic E-state index is 9.56. The van der Waals surface area contributed by atoms with Crippen LogP contribution in [0, 0.1) is 0 Å². The van der Waals surface area contributed by atoms with Crippen LogP contribution in [0.4, 0.5) is 0 Å². The van der Waals surface area contributed by atoms with Gasteiger partial charge in [0.15, 0.2) is 0 Å². The first-order chi connectivity index (χ1) is 12.8. The van der Waals surface area contributed by atoms with E-state index >= 15 is 0 Å². The summed E-state index contributed by atoms with van der Waals surface area (Å²) in [5.41, 5.74) is 5.75. The van der Waals surface area contributed by atoms with Crippen molar-refractivity contribution in [3.63, 3.8) is 0 Å². The van der Waals surface area contributed by atoms with Gasteiger partial charge in [-0.3, -0.25) is 4.55 Å². The molecule has 27 heavy (non-hydrogen) atoms. The minimum absolute atomic E-state index is 0.0289. The molecule has 0 aliphatic heterocycles. The summed E-state index contributed by atoms with van der Waals surface area (Å²) in [6, 6.07) is 0.400. The molecule has 0 aliphatic rings. The average molecular weight is 410 g/mol. The molecule has 0 saturated carbocycles. The first-order valence-electron chi connectivity index (χ1n) is 11.2. The van der Waals surface area contributed by atoms with Crippen LogP contribution in [0.15, 0.2) is 0 Å². The maximum absolute atomic E-state index is 9.56. The van der Waals surface area contributed by atoms with Crippen molar-refractivity contribution in [3.8, 4) is 0 Å². The summed E-state index contributed by atoms with van der Waals surface area (Å²) in [6.45, 7) is 5.84. The third kappa shape index (κ3) is 33.8. The molecule has 0 aliphatic carbocycles. The third-order valence-corrected chi connectivity index (χ3v) is 5.06. The Morgan fingerprint density at radius 2 is 1.07 bits per heavy atom. The van der Waals surface area contributed by atoms with E-state index in [9.17, 15) is 8.42 Å². The summed E-state index contributed by atoms with van der Waals surface area (Å²) in [6.07, 6.45) is 22.8. The van der Waals surface area contributed by atoms with Gasteiger partial charge in [-0.05, 0) is 20.3 Å². The average Bonchev–Trinajstić information content (AvgIpc) is 2.57. The van der Waals surface area contributed by atoms with Gasteiger partial charge in [0.2, 0.25) is 0 Å². The molecule has 0 radical (unpaired) electrons. The molecular weight excluding hydrogens is 362 g/mol. The number of unbranched alkanes of at least 4 members (excludes halogenated alkanes) is 14. The van der Waals surface area contributed by atoms with Crippen LogP contribution in [0.5, 0.6) is 0 Å². The predicted molar refractivity (Wildman–Crippen MR) is 116 cm³/mol. The van der Waals surface area contributed by atoms with Gasteiger partial charge in [0.25, 0.3) is 0 Å². The van der Waals surface area contributed by atoms with Crippen molar-refractivity contribution in [2.75, 3.05) is 6.61 Å². The monoisotopic (exact) mass is 409 g/mol. The van der Waals surface area contributed by atoms with Gasteiger partial charge in [0.1, 0.15) is 0 Å². The molecule has 0 aromatic carbocycles. The number of nitrogens with two attached hydrogens (primary N) is 1. The Labute approximate surface area is 169 Å². The van der Waals surface area contributed by atoms with Crippen molar-refractivity contribution >= 4 is 10.4 Å². The van der Waals surface area contributed by atoms with Crippen LogP contribution in [-0.4, -0.2) is 25.6 Å². The normalized spacial score (nSPS) is 12.5. The van der Waals surface area contributed by atoms with Crippen LogP contribution < -0.4 is 5.73 Å². The van der Waals surface area contributed by atoms with Gasteiger partial charge in [-0.2, -0.15) is 8.42 Å². The molecule has 0 aromatic heterocycles. The molecule has 0 amide bonds. The lowest BCUT2D eigenvalue weighted by atomic mass is 10.0. The second-order valence-corrected chi connectivity index (χ2v) is 8.64. The first-order valence-corrected chi connectivity index (χ1v) is 12.6. The van der Waals surface area contributed by atoms with Crippen LogP contribution >= 0.6 is 0 Å². The molecule has 1 unspecified atom stereocenters. The highest BCUT2D eigenvalue weighted by atomic mass is 32.3. The molecular formula is C21H47NO4S. The van der Waals surface area contributed by atoms with Crippen LogP contribution in [0.3, 0.4) is 0 Å². The van der Waals surface area contributed by atoms with E-state index in [1.54, 1.807) is 0 Å². The van der Waals surface area contributed by atoms with E-state index in [0.717, 1.165) is 0 Å². The molecule has 0 aromatic rings. The fraction of sp³-hybridized carbons (Fsp3) is 1.00. The molecule has 0 rings (SSSR count). The lowest BCUT2D eigenvalue weighted by molar-refractivity contribution is 0.283. The molecule has 166 valence electrons. The largest absolute Gasteiger partial charge is 0.397 e. The van der Waals surface area contributed by atoms with E-state index in [2.05, 4.69) is 18.0 Å². The Morgan fingerprint density at radius 3 is 1.30 bits per heavy atom. The highest BCUT2D eigenvalue weighted by Gasteiger charge is 1.98. The minimum atomic E-state index is -4.17. The Hall–Kier alpha value is -0.170. The quantitative estimate of drug-likeness (QED) is 0.201. The Bertz CT molecular complexity index is 372. The zero-order valence-corrected chi connectivity index (χ0v) is 19.1. The lowest BCUT2D eigenvalue weighted by Gasteiger charge is -2.05.